The molecule has 1 saturated carbocycles. The van der Waals surface area contributed by atoms with Gasteiger partial charge in [-0.2, -0.15) is 0 Å². The van der Waals surface area contributed by atoms with Gasteiger partial charge in [-0.1, -0.05) is 12.8 Å². The molecule has 1 aromatic rings. The summed E-state index contributed by atoms with van der Waals surface area (Å²) in [6.45, 7) is 2.49. The fourth-order valence-corrected chi connectivity index (χ4v) is 2.17. The minimum Gasteiger partial charge on any atom is -0.396 e. The first-order chi connectivity index (χ1) is 7.61. The normalized spacial score (nSPS) is 18.6. The van der Waals surface area contributed by atoms with E-state index in [2.05, 4.69) is 10.3 Å². The van der Waals surface area contributed by atoms with Crippen molar-refractivity contribution in [3.63, 3.8) is 0 Å². The molecule has 0 aliphatic heterocycles. The number of hydrogen-bond donors (Lipinski definition) is 3. The van der Waals surface area contributed by atoms with Crippen LogP contribution in [0.15, 0.2) is 12.3 Å². The molecule has 4 N–H and O–H groups in total. The van der Waals surface area contributed by atoms with Crippen molar-refractivity contribution in [3.05, 3.63) is 17.8 Å². The SMILES string of the molecule is Cc1ccnc(NCC2(O)CCCC2)c1N. The van der Waals surface area contributed by atoms with Crippen molar-refractivity contribution in [3.8, 4) is 0 Å². The Bertz CT molecular complexity index is 373. The molecule has 0 atom stereocenters. The Morgan fingerprint density at radius 2 is 2.19 bits per heavy atom. The maximum atomic E-state index is 10.2. The lowest BCUT2D eigenvalue weighted by molar-refractivity contribution is 0.0614. The predicted octanol–water partition coefficient (Wildman–Crippen LogP) is 1.69. The molecule has 4 nitrogen and oxygen atoms in total. The van der Waals surface area contributed by atoms with E-state index in [-0.39, 0.29) is 0 Å². The largest absolute Gasteiger partial charge is 0.396 e. The van der Waals surface area contributed by atoms with Gasteiger partial charge in [-0.3, -0.25) is 0 Å². The Hall–Kier alpha value is -1.29. The molecule has 4 heteroatoms. The van der Waals surface area contributed by atoms with Crippen molar-refractivity contribution in [1.82, 2.24) is 4.98 Å². The van der Waals surface area contributed by atoms with Crippen LogP contribution in [0.1, 0.15) is 31.2 Å². The van der Waals surface area contributed by atoms with Gasteiger partial charge in [0.05, 0.1) is 11.3 Å². The summed E-state index contributed by atoms with van der Waals surface area (Å²) in [7, 11) is 0. The summed E-state index contributed by atoms with van der Waals surface area (Å²) in [5, 5.41) is 13.3. The molecule has 0 bridgehead atoms. The highest BCUT2D eigenvalue weighted by Crippen LogP contribution is 2.30. The average molecular weight is 221 g/mol. The number of anilines is 2. The Kier molecular flexibility index (Phi) is 3.01. The fraction of sp³-hybridized carbons (Fsp3) is 0.583. The monoisotopic (exact) mass is 221 g/mol. The number of hydrogen-bond acceptors (Lipinski definition) is 4. The first-order valence-electron chi connectivity index (χ1n) is 5.78. The van der Waals surface area contributed by atoms with Crippen LogP contribution in [0.5, 0.6) is 0 Å². The van der Waals surface area contributed by atoms with E-state index in [0.717, 1.165) is 31.2 Å². The Balaban J connectivity index is 2.02. The van der Waals surface area contributed by atoms with Crippen LogP contribution in [-0.4, -0.2) is 22.2 Å². The van der Waals surface area contributed by atoms with Crippen molar-refractivity contribution in [2.75, 3.05) is 17.6 Å². The third-order valence-electron chi connectivity index (χ3n) is 3.33. The van der Waals surface area contributed by atoms with Crippen LogP contribution in [0.4, 0.5) is 11.5 Å². The summed E-state index contributed by atoms with van der Waals surface area (Å²) < 4.78 is 0. The summed E-state index contributed by atoms with van der Waals surface area (Å²) in [6, 6.07) is 1.88. The molecule has 16 heavy (non-hydrogen) atoms. The summed E-state index contributed by atoms with van der Waals surface area (Å²) in [6.07, 6.45) is 5.67. The lowest BCUT2D eigenvalue weighted by Gasteiger charge is -2.23. The zero-order chi connectivity index (χ0) is 11.6. The molecular weight excluding hydrogens is 202 g/mol. The van der Waals surface area contributed by atoms with E-state index in [4.69, 9.17) is 5.73 Å². The van der Waals surface area contributed by atoms with E-state index in [1.54, 1.807) is 6.20 Å². The molecule has 88 valence electrons. The first-order valence-corrected chi connectivity index (χ1v) is 5.78. The molecule has 1 aliphatic carbocycles. The zero-order valence-electron chi connectivity index (χ0n) is 9.66. The molecule has 0 saturated heterocycles. The van der Waals surface area contributed by atoms with Crippen LogP contribution < -0.4 is 11.1 Å². The number of aryl methyl sites for hydroxylation is 1. The van der Waals surface area contributed by atoms with Crippen LogP contribution in [0, 0.1) is 6.92 Å². The Morgan fingerprint density at radius 1 is 1.50 bits per heavy atom. The number of nitrogens with two attached hydrogens (primary N) is 1. The molecule has 0 unspecified atom stereocenters. The maximum absolute atomic E-state index is 10.2. The zero-order valence-corrected chi connectivity index (χ0v) is 9.66. The molecule has 1 aliphatic rings. The van der Waals surface area contributed by atoms with E-state index in [1.807, 2.05) is 13.0 Å². The molecular formula is C12H19N3O. The Labute approximate surface area is 95.9 Å². The van der Waals surface area contributed by atoms with E-state index in [0.29, 0.717) is 18.1 Å². The third-order valence-corrected chi connectivity index (χ3v) is 3.33. The van der Waals surface area contributed by atoms with Gasteiger partial charge >= 0.3 is 0 Å². The summed E-state index contributed by atoms with van der Waals surface area (Å²) in [4.78, 5) is 4.18. The van der Waals surface area contributed by atoms with Gasteiger partial charge in [0, 0.05) is 12.7 Å². The minimum absolute atomic E-state index is 0.535. The number of nitrogen functional groups attached to an aromatic ring is 1. The van der Waals surface area contributed by atoms with Gasteiger partial charge in [-0.05, 0) is 31.4 Å². The van der Waals surface area contributed by atoms with Gasteiger partial charge in [-0.15, -0.1) is 0 Å². The van der Waals surface area contributed by atoms with Gasteiger partial charge in [0.2, 0.25) is 0 Å². The smallest absolute Gasteiger partial charge is 0.149 e. The molecule has 2 rings (SSSR count). The highest BCUT2D eigenvalue weighted by atomic mass is 16.3. The lowest BCUT2D eigenvalue weighted by atomic mass is 10.0. The van der Waals surface area contributed by atoms with Gasteiger partial charge < -0.3 is 16.2 Å². The molecule has 0 aromatic carbocycles. The third kappa shape index (κ3) is 2.27. The van der Waals surface area contributed by atoms with E-state index in [1.165, 1.54) is 0 Å². The number of rotatable bonds is 3. The molecule has 0 spiro atoms. The second-order valence-corrected chi connectivity index (χ2v) is 4.68. The average Bonchev–Trinajstić information content (AvgIpc) is 2.68. The predicted molar refractivity (Wildman–Crippen MR) is 65.3 cm³/mol. The Morgan fingerprint density at radius 3 is 2.88 bits per heavy atom. The number of nitrogens with one attached hydrogen (secondary N) is 1. The van der Waals surface area contributed by atoms with Gasteiger partial charge in [-0.25, -0.2) is 4.98 Å². The molecule has 1 aromatic heterocycles. The van der Waals surface area contributed by atoms with Crippen LogP contribution in [0.3, 0.4) is 0 Å². The molecule has 0 amide bonds. The summed E-state index contributed by atoms with van der Waals surface area (Å²) >= 11 is 0. The standard InChI is InChI=1S/C12H19N3O/c1-9-4-7-14-11(10(9)13)15-8-12(16)5-2-3-6-12/h4,7,16H,2-3,5-6,8,13H2,1H3,(H,14,15). The molecule has 1 heterocycles. The highest BCUT2D eigenvalue weighted by molar-refractivity contribution is 5.64. The van der Waals surface area contributed by atoms with Crippen molar-refractivity contribution in [2.24, 2.45) is 0 Å². The van der Waals surface area contributed by atoms with Gasteiger partial charge in [0.15, 0.2) is 0 Å². The second kappa shape index (κ2) is 4.29. The van der Waals surface area contributed by atoms with Gasteiger partial charge in [0.1, 0.15) is 5.82 Å². The number of aliphatic hydroxyl groups is 1. The van der Waals surface area contributed by atoms with Gasteiger partial charge in [0.25, 0.3) is 0 Å². The topological polar surface area (TPSA) is 71.2 Å². The van der Waals surface area contributed by atoms with E-state index < -0.39 is 5.60 Å². The van der Waals surface area contributed by atoms with Crippen LogP contribution in [-0.2, 0) is 0 Å². The number of pyridine rings is 1. The van der Waals surface area contributed by atoms with Crippen molar-refractivity contribution < 1.29 is 5.11 Å². The molecule has 0 radical (unpaired) electrons. The molecule has 1 fully saturated rings. The van der Waals surface area contributed by atoms with Crippen molar-refractivity contribution >= 4 is 11.5 Å². The second-order valence-electron chi connectivity index (χ2n) is 4.68. The van der Waals surface area contributed by atoms with Crippen LogP contribution in [0.2, 0.25) is 0 Å². The quantitative estimate of drug-likeness (QED) is 0.726. The van der Waals surface area contributed by atoms with Crippen molar-refractivity contribution in [1.29, 1.82) is 0 Å². The minimum atomic E-state index is -0.572. The highest BCUT2D eigenvalue weighted by Gasteiger charge is 2.30. The van der Waals surface area contributed by atoms with E-state index in [9.17, 15) is 5.11 Å². The van der Waals surface area contributed by atoms with Crippen LogP contribution >= 0.6 is 0 Å². The first kappa shape index (κ1) is 11.2. The lowest BCUT2D eigenvalue weighted by Crippen LogP contribution is -2.33. The summed E-state index contributed by atoms with van der Waals surface area (Å²) in [5.74, 6) is 0.681. The van der Waals surface area contributed by atoms with Crippen molar-refractivity contribution in [2.45, 2.75) is 38.2 Å². The fourth-order valence-electron chi connectivity index (χ4n) is 2.17. The van der Waals surface area contributed by atoms with E-state index >= 15 is 0 Å². The number of aromatic nitrogens is 1. The van der Waals surface area contributed by atoms with Crippen LogP contribution in [0.25, 0.3) is 0 Å². The maximum Gasteiger partial charge on any atom is 0.149 e. The summed E-state index contributed by atoms with van der Waals surface area (Å²) in [5.41, 5.74) is 7.01. The number of nitrogens with zero attached hydrogens (tertiary/aromatic N) is 1.